The van der Waals surface area contributed by atoms with Gasteiger partial charge >= 0.3 is 0 Å². The molecular weight excluding hydrogens is 270 g/mol. The molecule has 21 heavy (non-hydrogen) atoms. The summed E-state index contributed by atoms with van der Waals surface area (Å²) in [6.07, 6.45) is 0.0334. The molecule has 6 nitrogen and oxygen atoms in total. The van der Waals surface area contributed by atoms with Crippen LogP contribution in [0.1, 0.15) is 5.56 Å². The third-order valence-corrected chi connectivity index (χ3v) is 3.81. The number of nitrogens with two attached hydrogens (primary N) is 1. The van der Waals surface area contributed by atoms with E-state index in [9.17, 15) is 14.4 Å². The molecule has 1 aromatic carbocycles. The van der Waals surface area contributed by atoms with Crippen molar-refractivity contribution in [2.45, 2.75) is 6.42 Å². The van der Waals surface area contributed by atoms with Crippen molar-refractivity contribution in [2.24, 2.45) is 11.7 Å². The lowest BCUT2D eigenvalue weighted by Crippen LogP contribution is -2.55. The summed E-state index contributed by atoms with van der Waals surface area (Å²) < 4.78 is 0. The Balaban J connectivity index is 1.76. The van der Waals surface area contributed by atoms with E-state index >= 15 is 0 Å². The van der Waals surface area contributed by atoms with Crippen LogP contribution in [-0.2, 0) is 16.0 Å². The topological polar surface area (TPSA) is 96.3 Å². The lowest BCUT2D eigenvalue weighted by molar-refractivity contribution is -0.141. The van der Waals surface area contributed by atoms with Crippen LogP contribution in [0, 0.1) is 5.92 Å². The minimum absolute atomic E-state index is 0.0334. The Bertz CT molecular complexity index is 775. The zero-order valence-corrected chi connectivity index (χ0v) is 11.3. The summed E-state index contributed by atoms with van der Waals surface area (Å²) in [6.45, 7) is 0.694. The van der Waals surface area contributed by atoms with Crippen LogP contribution in [0.3, 0.4) is 0 Å². The maximum Gasteiger partial charge on any atom is 0.252 e. The summed E-state index contributed by atoms with van der Waals surface area (Å²) in [6, 6.07) is 9.14. The number of hydrogen-bond acceptors (Lipinski definition) is 3. The van der Waals surface area contributed by atoms with E-state index in [1.807, 2.05) is 24.3 Å². The number of para-hydroxylation sites is 1. The van der Waals surface area contributed by atoms with Gasteiger partial charge in [0.15, 0.2) is 0 Å². The predicted octanol–water partition coefficient (Wildman–Crippen LogP) is 0.0143. The van der Waals surface area contributed by atoms with Gasteiger partial charge in [0, 0.05) is 24.2 Å². The van der Waals surface area contributed by atoms with Crippen LogP contribution in [0.5, 0.6) is 0 Å². The van der Waals surface area contributed by atoms with E-state index in [2.05, 4.69) is 4.98 Å². The highest BCUT2D eigenvalue weighted by Gasteiger charge is 2.34. The maximum absolute atomic E-state index is 12.1. The summed E-state index contributed by atoms with van der Waals surface area (Å²) >= 11 is 0. The Kier molecular flexibility index (Phi) is 3.21. The Morgan fingerprint density at radius 1 is 1.29 bits per heavy atom. The normalized spacial score (nSPS) is 15.0. The van der Waals surface area contributed by atoms with E-state index in [4.69, 9.17) is 5.73 Å². The molecule has 1 saturated heterocycles. The Morgan fingerprint density at radius 3 is 2.71 bits per heavy atom. The number of pyridine rings is 1. The molecule has 3 N–H and O–H groups in total. The van der Waals surface area contributed by atoms with Gasteiger partial charge in [-0.1, -0.05) is 18.2 Å². The van der Waals surface area contributed by atoms with Crippen molar-refractivity contribution in [1.82, 2.24) is 9.88 Å². The monoisotopic (exact) mass is 285 g/mol. The van der Waals surface area contributed by atoms with Gasteiger partial charge in [-0.2, -0.15) is 0 Å². The van der Waals surface area contributed by atoms with Gasteiger partial charge in [-0.15, -0.1) is 0 Å². The molecule has 0 aliphatic carbocycles. The Morgan fingerprint density at radius 2 is 2.00 bits per heavy atom. The van der Waals surface area contributed by atoms with Crippen LogP contribution in [0.2, 0.25) is 0 Å². The summed E-state index contributed by atoms with van der Waals surface area (Å²) in [5, 5.41) is 0.888. The average molecular weight is 285 g/mol. The first-order chi connectivity index (χ1) is 10.0. The van der Waals surface area contributed by atoms with E-state index in [1.165, 1.54) is 0 Å². The molecule has 2 aromatic rings. The van der Waals surface area contributed by atoms with Gasteiger partial charge < -0.3 is 15.6 Å². The van der Waals surface area contributed by atoms with E-state index in [1.54, 1.807) is 11.0 Å². The van der Waals surface area contributed by atoms with E-state index in [-0.39, 0.29) is 29.7 Å². The minimum atomic E-state index is -0.386. The maximum atomic E-state index is 12.1. The number of benzene rings is 1. The smallest absolute Gasteiger partial charge is 0.252 e. The van der Waals surface area contributed by atoms with E-state index < -0.39 is 0 Å². The van der Waals surface area contributed by atoms with Gasteiger partial charge in [0.2, 0.25) is 11.8 Å². The highest BCUT2D eigenvalue weighted by molar-refractivity contribution is 5.85. The minimum Gasteiger partial charge on any atom is -0.369 e. The molecule has 6 heteroatoms. The van der Waals surface area contributed by atoms with Crippen LogP contribution in [0.25, 0.3) is 10.9 Å². The molecule has 108 valence electrons. The average Bonchev–Trinajstić information content (AvgIpc) is 2.37. The van der Waals surface area contributed by atoms with Crippen molar-refractivity contribution in [3.63, 3.8) is 0 Å². The number of aromatic amines is 1. The Labute approximate surface area is 120 Å². The molecule has 1 fully saturated rings. The van der Waals surface area contributed by atoms with Crippen molar-refractivity contribution in [3.05, 3.63) is 46.2 Å². The highest BCUT2D eigenvalue weighted by Crippen LogP contribution is 2.17. The number of carbonyl (C=O) groups is 2. The van der Waals surface area contributed by atoms with Gasteiger partial charge in [0.1, 0.15) is 0 Å². The molecule has 0 bridgehead atoms. The number of hydrogen-bond donors (Lipinski definition) is 2. The quantitative estimate of drug-likeness (QED) is 0.831. The van der Waals surface area contributed by atoms with Crippen LogP contribution >= 0.6 is 0 Å². The first-order valence-electron chi connectivity index (χ1n) is 6.72. The molecule has 1 aromatic heterocycles. The molecule has 0 spiro atoms. The zero-order chi connectivity index (χ0) is 15.0. The van der Waals surface area contributed by atoms with Gasteiger partial charge in [0.05, 0.1) is 12.3 Å². The first-order valence-corrected chi connectivity index (χ1v) is 6.72. The number of carbonyl (C=O) groups excluding carboxylic acids is 2. The Hall–Kier alpha value is -2.63. The molecule has 1 aliphatic heterocycles. The summed E-state index contributed by atoms with van der Waals surface area (Å²) in [7, 11) is 0. The molecule has 0 saturated carbocycles. The van der Waals surface area contributed by atoms with Crippen LogP contribution in [0.15, 0.2) is 35.1 Å². The largest absolute Gasteiger partial charge is 0.369 e. The van der Waals surface area contributed by atoms with E-state index in [0.29, 0.717) is 18.7 Å². The van der Waals surface area contributed by atoms with Crippen molar-refractivity contribution >= 4 is 22.7 Å². The molecule has 0 atom stereocenters. The van der Waals surface area contributed by atoms with Gasteiger partial charge in [-0.05, 0) is 17.5 Å². The number of likely N-dealkylation sites (tertiary alicyclic amines) is 1. The zero-order valence-electron chi connectivity index (χ0n) is 11.3. The standard InChI is InChI=1S/C15H15N3O3/c16-14(20)11-7-18(8-11)13(19)6-10-5-9-3-1-2-4-12(9)17-15(10)21/h1-5,11H,6-8H2,(H2,16,20)(H,17,21). The molecular formula is C15H15N3O3. The number of primary amides is 1. The third-order valence-electron chi connectivity index (χ3n) is 3.81. The molecule has 3 rings (SSSR count). The summed E-state index contributed by atoms with van der Waals surface area (Å²) in [5.41, 5.74) is 6.09. The van der Waals surface area contributed by atoms with Gasteiger partial charge in [-0.3, -0.25) is 14.4 Å². The molecule has 2 heterocycles. The molecule has 1 aliphatic rings. The summed E-state index contributed by atoms with van der Waals surface area (Å²) in [4.78, 5) is 39.3. The van der Waals surface area contributed by atoms with Crippen molar-refractivity contribution in [2.75, 3.05) is 13.1 Å². The first kappa shape index (κ1) is 13.4. The number of nitrogens with one attached hydrogen (secondary N) is 1. The van der Waals surface area contributed by atoms with Gasteiger partial charge in [0.25, 0.3) is 5.56 Å². The van der Waals surface area contributed by atoms with Gasteiger partial charge in [-0.25, -0.2) is 0 Å². The van der Waals surface area contributed by atoms with Crippen LogP contribution in [-0.4, -0.2) is 34.8 Å². The molecule has 0 unspecified atom stereocenters. The van der Waals surface area contributed by atoms with Crippen LogP contribution in [0.4, 0.5) is 0 Å². The number of nitrogens with zero attached hydrogens (tertiary/aromatic N) is 1. The lowest BCUT2D eigenvalue weighted by Gasteiger charge is -2.37. The fraction of sp³-hybridized carbons (Fsp3) is 0.267. The molecule has 0 radical (unpaired) electrons. The number of aromatic nitrogens is 1. The summed E-state index contributed by atoms with van der Waals surface area (Å²) in [5.74, 6) is -0.806. The van der Waals surface area contributed by atoms with Crippen LogP contribution < -0.4 is 11.3 Å². The number of rotatable bonds is 3. The predicted molar refractivity (Wildman–Crippen MR) is 77.5 cm³/mol. The highest BCUT2D eigenvalue weighted by atomic mass is 16.2. The number of H-pyrrole nitrogens is 1. The fourth-order valence-electron chi connectivity index (χ4n) is 2.46. The number of amides is 2. The number of fused-ring (bicyclic) bond motifs is 1. The second-order valence-electron chi connectivity index (χ2n) is 5.29. The fourth-order valence-corrected chi connectivity index (χ4v) is 2.46. The van der Waals surface area contributed by atoms with E-state index in [0.717, 1.165) is 10.9 Å². The van der Waals surface area contributed by atoms with Crippen molar-refractivity contribution in [1.29, 1.82) is 0 Å². The SMILES string of the molecule is NC(=O)C1CN(C(=O)Cc2cc3ccccc3[nH]c2=O)C1. The third kappa shape index (κ3) is 2.52. The lowest BCUT2D eigenvalue weighted by atomic mass is 9.98. The molecule has 2 amide bonds. The second-order valence-corrected chi connectivity index (χ2v) is 5.29. The van der Waals surface area contributed by atoms with Crippen molar-refractivity contribution in [3.8, 4) is 0 Å². The van der Waals surface area contributed by atoms with Crippen molar-refractivity contribution < 1.29 is 9.59 Å². The second kappa shape index (κ2) is 5.05.